The second-order valence-electron chi connectivity index (χ2n) is 7.84. The Morgan fingerprint density at radius 1 is 1.16 bits per heavy atom. The maximum atomic E-state index is 13.0. The minimum Gasteiger partial charge on any atom is -0.346 e. The molecule has 2 amide bonds. The van der Waals surface area contributed by atoms with E-state index in [9.17, 15) is 9.59 Å². The van der Waals surface area contributed by atoms with E-state index in [1.165, 1.54) is 0 Å². The van der Waals surface area contributed by atoms with Gasteiger partial charge < -0.3 is 14.8 Å². The lowest BCUT2D eigenvalue weighted by Crippen LogP contribution is -2.41. The molecule has 0 radical (unpaired) electrons. The van der Waals surface area contributed by atoms with Crippen LogP contribution in [0.2, 0.25) is 0 Å². The summed E-state index contributed by atoms with van der Waals surface area (Å²) in [6.07, 6.45) is 4.68. The Morgan fingerprint density at radius 2 is 1.80 bits per heavy atom. The van der Waals surface area contributed by atoms with Crippen molar-refractivity contribution < 1.29 is 9.59 Å². The molecule has 0 fully saturated rings. The van der Waals surface area contributed by atoms with E-state index in [2.05, 4.69) is 24.1 Å². The van der Waals surface area contributed by atoms with Crippen molar-refractivity contribution in [2.45, 2.75) is 78.8 Å². The van der Waals surface area contributed by atoms with Crippen LogP contribution in [0.15, 0.2) is 0 Å². The predicted molar refractivity (Wildman–Crippen MR) is 98.9 cm³/mol. The van der Waals surface area contributed by atoms with Crippen molar-refractivity contribution in [1.82, 2.24) is 19.8 Å². The van der Waals surface area contributed by atoms with Gasteiger partial charge in [0.1, 0.15) is 5.69 Å². The van der Waals surface area contributed by atoms with Crippen LogP contribution in [0.3, 0.4) is 0 Å². The van der Waals surface area contributed by atoms with Gasteiger partial charge >= 0.3 is 0 Å². The van der Waals surface area contributed by atoms with Crippen LogP contribution < -0.4 is 5.32 Å². The van der Waals surface area contributed by atoms with Crippen LogP contribution >= 0.6 is 0 Å². The quantitative estimate of drug-likeness (QED) is 0.859. The fourth-order valence-electron chi connectivity index (χ4n) is 3.28. The summed E-state index contributed by atoms with van der Waals surface area (Å²) in [6.45, 7) is 12.2. The Labute approximate surface area is 151 Å². The van der Waals surface area contributed by atoms with Gasteiger partial charge in [0.05, 0.1) is 5.69 Å². The molecule has 0 aromatic carbocycles. The van der Waals surface area contributed by atoms with Crippen LogP contribution in [0.25, 0.3) is 0 Å². The fraction of sp³-hybridized carbons (Fsp3) is 0.737. The SMILES string of the molecule is CCCN(CCC)C(=O)c1nc(C(=O)NC(C)(C)C)c2n1CCCC2. The first-order chi connectivity index (χ1) is 11.8. The summed E-state index contributed by atoms with van der Waals surface area (Å²) in [5.41, 5.74) is 0.998. The van der Waals surface area contributed by atoms with E-state index in [1.54, 1.807) is 0 Å². The van der Waals surface area contributed by atoms with Crippen LogP contribution in [0.4, 0.5) is 0 Å². The van der Waals surface area contributed by atoms with E-state index in [0.717, 1.165) is 57.4 Å². The van der Waals surface area contributed by atoms with Crippen LogP contribution in [0.5, 0.6) is 0 Å². The Bertz CT molecular complexity index is 622. The number of fused-ring (bicyclic) bond motifs is 1. The van der Waals surface area contributed by atoms with E-state index in [0.29, 0.717) is 11.5 Å². The average molecular weight is 348 g/mol. The molecule has 0 atom stereocenters. The predicted octanol–water partition coefficient (Wildman–Crippen LogP) is 3.01. The summed E-state index contributed by atoms with van der Waals surface area (Å²) >= 11 is 0. The van der Waals surface area contributed by atoms with Crippen molar-refractivity contribution in [3.05, 3.63) is 17.2 Å². The normalized spacial score (nSPS) is 14.1. The first-order valence-corrected chi connectivity index (χ1v) is 9.49. The van der Waals surface area contributed by atoms with Crippen LogP contribution in [-0.2, 0) is 13.0 Å². The van der Waals surface area contributed by atoms with Crippen molar-refractivity contribution in [2.75, 3.05) is 13.1 Å². The lowest BCUT2D eigenvalue weighted by Gasteiger charge is -2.23. The van der Waals surface area contributed by atoms with Crippen molar-refractivity contribution in [2.24, 2.45) is 0 Å². The standard InChI is InChI=1S/C19H32N4O2/c1-6-11-22(12-7-2)18(25)16-20-15(17(24)21-19(3,4)5)14-10-8-9-13-23(14)16/h6-13H2,1-5H3,(H,21,24). The van der Waals surface area contributed by atoms with Crippen LogP contribution in [-0.4, -0.2) is 44.9 Å². The van der Waals surface area contributed by atoms with Gasteiger partial charge in [0.25, 0.3) is 11.8 Å². The second-order valence-corrected chi connectivity index (χ2v) is 7.84. The number of rotatable bonds is 6. The number of amides is 2. The first kappa shape index (κ1) is 19.5. The third kappa shape index (κ3) is 4.61. The van der Waals surface area contributed by atoms with Gasteiger partial charge in [0, 0.05) is 25.2 Å². The smallest absolute Gasteiger partial charge is 0.289 e. The van der Waals surface area contributed by atoms with E-state index in [4.69, 9.17) is 0 Å². The van der Waals surface area contributed by atoms with Crippen molar-refractivity contribution in [1.29, 1.82) is 0 Å². The monoisotopic (exact) mass is 348 g/mol. The molecule has 25 heavy (non-hydrogen) atoms. The number of nitrogens with one attached hydrogen (secondary N) is 1. The van der Waals surface area contributed by atoms with Gasteiger partial charge in [-0.1, -0.05) is 13.8 Å². The summed E-state index contributed by atoms with van der Waals surface area (Å²) in [5, 5.41) is 2.98. The van der Waals surface area contributed by atoms with E-state index < -0.39 is 0 Å². The summed E-state index contributed by atoms with van der Waals surface area (Å²) in [7, 11) is 0. The number of imidazole rings is 1. The van der Waals surface area contributed by atoms with E-state index >= 15 is 0 Å². The number of hydrogen-bond acceptors (Lipinski definition) is 3. The molecular weight excluding hydrogens is 316 g/mol. The summed E-state index contributed by atoms with van der Waals surface area (Å²) in [5.74, 6) is 0.187. The number of aromatic nitrogens is 2. The molecule has 1 aliphatic rings. The molecule has 0 unspecified atom stereocenters. The minimum atomic E-state index is -0.330. The highest BCUT2D eigenvalue weighted by atomic mass is 16.2. The maximum Gasteiger partial charge on any atom is 0.289 e. The molecule has 0 bridgehead atoms. The molecule has 1 aromatic rings. The van der Waals surface area contributed by atoms with Gasteiger partial charge in [-0.3, -0.25) is 9.59 Å². The summed E-state index contributed by atoms with van der Waals surface area (Å²) < 4.78 is 1.97. The molecule has 0 aliphatic carbocycles. The molecule has 0 saturated heterocycles. The molecule has 1 aromatic heterocycles. The number of carbonyl (C=O) groups is 2. The third-order valence-corrected chi connectivity index (χ3v) is 4.29. The largest absolute Gasteiger partial charge is 0.346 e. The summed E-state index contributed by atoms with van der Waals surface area (Å²) in [6, 6.07) is 0. The number of hydrogen-bond donors (Lipinski definition) is 1. The molecule has 1 aliphatic heterocycles. The van der Waals surface area contributed by atoms with Gasteiger partial charge in [-0.25, -0.2) is 4.98 Å². The molecule has 6 nitrogen and oxygen atoms in total. The Kier molecular flexibility index (Phi) is 6.25. The molecule has 0 spiro atoms. The highest BCUT2D eigenvalue weighted by Gasteiger charge is 2.30. The van der Waals surface area contributed by atoms with E-state index in [1.807, 2.05) is 30.2 Å². The van der Waals surface area contributed by atoms with E-state index in [-0.39, 0.29) is 17.4 Å². The Hall–Kier alpha value is -1.85. The van der Waals surface area contributed by atoms with Crippen molar-refractivity contribution in [3.8, 4) is 0 Å². The summed E-state index contributed by atoms with van der Waals surface area (Å²) in [4.78, 5) is 32.1. The zero-order chi connectivity index (χ0) is 18.6. The number of nitrogens with zero attached hydrogens (tertiary/aromatic N) is 3. The lowest BCUT2D eigenvalue weighted by atomic mass is 10.1. The highest BCUT2D eigenvalue weighted by Crippen LogP contribution is 2.22. The molecule has 140 valence electrons. The first-order valence-electron chi connectivity index (χ1n) is 9.49. The maximum absolute atomic E-state index is 13.0. The molecule has 0 saturated carbocycles. The minimum absolute atomic E-state index is 0.0540. The molecule has 2 rings (SSSR count). The Balaban J connectivity index is 2.39. The molecule has 1 N–H and O–H groups in total. The highest BCUT2D eigenvalue weighted by molar-refractivity contribution is 5.97. The number of carbonyl (C=O) groups excluding carboxylic acids is 2. The van der Waals surface area contributed by atoms with Crippen molar-refractivity contribution in [3.63, 3.8) is 0 Å². The fourth-order valence-corrected chi connectivity index (χ4v) is 3.28. The van der Waals surface area contributed by atoms with Gasteiger partial charge in [0.2, 0.25) is 0 Å². The van der Waals surface area contributed by atoms with Gasteiger partial charge in [-0.2, -0.15) is 0 Å². The third-order valence-electron chi connectivity index (χ3n) is 4.29. The lowest BCUT2D eigenvalue weighted by molar-refractivity contribution is 0.0737. The molecule has 6 heteroatoms. The zero-order valence-electron chi connectivity index (χ0n) is 16.3. The average Bonchev–Trinajstić information content (AvgIpc) is 2.92. The molecule has 2 heterocycles. The topological polar surface area (TPSA) is 67.2 Å². The van der Waals surface area contributed by atoms with Gasteiger partial charge in [-0.05, 0) is 52.9 Å². The van der Waals surface area contributed by atoms with Crippen LogP contribution in [0, 0.1) is 0 Å². The van der Waals surface area contributed by atoms with Gasteiger partial charge in [0.15, 0.2) is 5.82 Å². The zero-order valence-corrected chi connectivity index (χ0v) is 16.3. The van der Waals surface area contributed by atoms with Crippen LogP contribution in [0.1, 0.15) is 87.1 Å². The second kappa shape index (κ2) is 8.02. The van der Waals surface area contributed by atoms with Crippen molar-refractivity contribution >= 4 is 11.8 Å². The Morgan fingerprint density at radius 3 is 2.36 bits per heavy atom. The molecular formula is C19H32N4O2. The van der Waals surface area contributed by atoms with Gasteiger partial charge in [-0.15, -0.1) is 0 Å².